The number of carbonyl (C=O) groups is 1. The third-order valence-corrected chi connectivity index (χ3v) is 4.33. The monoisotopic (exact) mass is 407 g/mol. The fraction of sp³-hybridized carbons (Fsp3) is 0.952. The molecule has 0 aliphatic carbocycles. The topological polar surface area (TPSA) is 110 Å². The van der Waals surface area contributed by atoms with E-state index in [1.54, 1.807) is 4.90 Å². The second-order valence-corrected chi connectivity index (χ2v) is 7.04. The number of esters is 1. The molecule has 0 saturated heterocycles. The van der Waals surface area contributed by atoms with Gasteiger partial charge in [-0.15, -0.1) is 0 Å². The minimum Gasteiger partial charge on any atom is -0.464 e. The van der Waals surface area contributed by atoms with E-state index in [1.165, 1.54) is 58.3 Å². The average molecular weight is 408 g/mol. The minimum atomic E-state index is -0.992. The second kappa shape index (κ2) is 24.3. The van der Waals surface area contributed by atoms with E-state index < -0.39 is 12.1 Å². The first-order chi connectivity index (χ1) is 13.5. The minimum absolute atomic E-state index is 0.0694. The van der Waals surface area contributed by atoms with E-state index in [9.17, 15) is 4.79 Å². The van der Waals surface area contributed by atoms with Crippen LogP contribution in [0.25, 0.3) is 0 Å². The van der Waals surface area contributed by atoms with Crippen molar-refractivity contribution in [2.45, 2.75) is 84.2 Å². The maximum Gasteiger partial charge on any atom is 0.334 e. The standard InChI is InChI=1S/C15H30O3.C6H15NO3/c1-3-4-5-6-7-8-9-10-11-12-13-18-15(17)14(2)16;8-4-1-7(2-5-9)3-6-10/h14,16H,3-13H2,1-2H3;8-10H,1-6H2. The lowest BCUT2D eigenvalue weighted by Gasteiger charge is -2.17. The van der Waals surface area contributed by atoms with Crippen LogP contribution in [0.4, 0.5) is 0 Å². The maximum atomic E-state index is 10.9. The van der Waals surface area contributed by atoms with Gasteiger partial charge in [0.05, 0.1) is 26.4 Å². The van der Waals surface area contributed by atoms with Crippen LogP contribution in [0, 0.1) is 0 Å². The number of aliphatic hydroxyl groups is 4. The molecule has 170 valence electrons. The predicted octanol–water partition coefficient (Wildman–Crippen LogP) is 2.10. The SMILES string of the molecule is CCCCCCCCCCCCOC(=O)C(C)O.OCCN(CCO)CCO. The molecule has 0 aromatic heterocycles. The highest BCUT2D eigenvalue weighted by atomic mass is 16.5. The van der Waals surface area contributed by atoms with Gasteiger partial charge in [-0.05, 0) is 13.3 Å². The van der Waals surface area contributed by atoms with Gasteiger partial charge in [0.2, 0.25) is 0 Å². The highest BCUT2D eigenvalue weighted by Gasteiger charge is 2.08. The summed E-state index contributed by atoms with van der Waals surface area (Å²) in [5.74, 6) is -0.508. The Labute approximate surface area is 171 Å². The lowest BCUT2D eigenvalue weighted by molar-refractivity contribution is -0.152. The largest absolute Gasteiger partial charge is 0.464 e. The molecule has 0 amide bonds. The Hall–Kier alpha value is -0.730. The number of rotatable bonds is 18. The zero-order valence-electron chi connectivity index (χ0n) is 18.2. The molecule has 0 saturated carbocycles. The van der Waals surface area contributed by atoms with Crippen LogP contribution in [-0.2, 0) is 9.53 Å². The summed E-state index contributed by atoms with van der Waals surface area (Å²) >= 11 is 0. The zero-order valence-corrected chi connectivity index (χ0v) is 18.2. The Morgan fingerprint density at radius 1 is 0.786 bits per heavy atom. The molecular weight excluding hydrogens is 362 g/mol. The molecular formula is C21H45NO6. The highest BCUT2D eigenvalue weighted by molar-refractivity contribution is 5.73. The second-order valence-electron chi connectivity index (χ2n) is 7.04. The van der Waals surface area contributed by atoms with Crippen LogP contribution in [0.1, 0.15) is 78.1 Å². The van der Waals surface area contributed by atoms with Gasteiger partial charge in [-0.2, -0.15) is 0 Å². The number of hydrogen-bond donors (Lipinski definition) is 4. The van der Waals surface area contributed by atoms with Crippen LogP contribution in [0.15, 0.2) is 0 Å². The number of unbranched alkanes of at least 4 members (excludes halogenated alkanes) is 9. The number of ether oxygens (including phenoxy) is 1. The summed E-state index contributed by atoms with van der Waals surface area (Å²) in [6.07, 6.45) is 11.7. The van der Waals surface area contributed by atoms with Crippen molar-refractivity contribution in [2.24, 2.45) is 0 Å². The normalized spacial score (nSPS) is 11.8. The van der Waals surface area contributed by atoms with Crippen molar-refractivity contribution in [3.05, 3.63) is 0 Å². The van der Waals surface area contributed by atoms with Gasteiger partial charge >= 0.3 is 5.97 Å². The van der Waals surface area contributed by atoms with Gasteiger partial charge in [-0.1, -0.05) is 64.7 Å². The van der Waals surface area contributed by atoms with Gasteiger partial charge in [0.15, 0.2) is 0 Å². The highest BCUT2D eigenvalue weighted by Crippen LogP contribution is 2.10. The molecule has 7 nitrogen and oxygen atoms in total. The molecule has 0 aliphatic rings. The summed E-state index contributed by atoms with van der Waals surface area (Å²) in [4.78, 5) is 12.7. The van der Waals surface area contributed by atoms with Crippen LogP contribution >= 0.6 is 0 Å². The van der Waals surface area contributed by atoms with Gasteiger partial charge in [0.25, 0.3) is 0 Å². The first-order valence-corrected chi connectivity index (χ1v) is 10.9. The third kappa shape index (κ3) is 23.3. The van der Waals surface area contributed by atoms with Crippen molar-refractivity contribution >= 4 is 5.97 Å². The summed E-state index contributed by atoms with van der Waals surface area (Å²) in [5.41, 5.74) is 0. The van der Waals surface area contributed by atoms with Crippen LogP contribution < -0.4 is 0 Å². The van der Waals surface area contributed by atoms with E-state index in [0.717, 1.165) is 12.8 Å². The smallest absolute Gasteiger partial charge is 0.334 e. The van der Waals surface area contributed by atoms with Crippen LogP contribution in [0.2, 0.25) is 0 Å². The lowest BCUT2D eigenvalue weighted by atomic mass is 10.1. The third-order valence-electron chi connectivity index (χ3n) is 4.33. The van der Waals surface area contributed by atoms with Crippen molar-refractivity contribution in [1.82, 2.24) is 4.90 Å². The Balaban J connectivity index is 0. The molecule has 0 aromatic carbocycles. The first kappa shape index (κ1) is 29.5. The van der Waals surface area contributed by atoms with Gasteiger partial charge in [0.1, 0.15) is 6.10 Å². The van der Waals surface area contributed by atoms with Gasteiger partial charge in [-0.25, -0.2) is 4.79 Å². The average Bonchev–Trinajstić information content (AvgIpc) is 2.67. The van der Waals surface area contributed by atoms with E-state index in [2.05, 4.69) is 6.92 Å². The van der Waals surface area contributed by atoms with E-state index in [-0.39, 0.29) is 19.8 Å². The van der Waals surface area contributed by atoms with Crippen LogP contribution in [0.3, 0.4) is 0 Å². The molecule has 0 aliphatic heterocycles. The van der Waals surface area contributed by atoms with Gasteiger partial charge < -0.3 is 25.2 Å². The molecule has 1 unspecified atom stereocenters. The van der Waals surface area contributed by atoms with E-state index >= 15 is 0 Å². The maximum absolute atomic E-state index is 10.9. The number of carbonyl (C=O) groups excluding carboxylic acids is 1. The zero-order chi connectivity index (χ0) is 21.5. The summed E-state index contributed by atoms with van der Waals surface area (Å²) in [5, 5.41) is 34.4. The van der Waals surface area contributed by atoms with Gasteiger partial charge in [-0.3, -0.25) is 4.90 Å². The molecule has 0 aromatic rings. The van der Waals surface area contributed by atoms with Crippen molar-refractivity contribution in [1.29, 1.82) is 0 Å². The molecule has 0 bridgehead atoms. The van der Waals surface area contributed by atoms with E-state index in [4.69, 9.17) is 25.2 Å². The molecule has 1 atom stereocenters. The molecule has 0 spiro atoms. The summed E-state index contributed by atoms with van der Waals surface area (Å²) in [7, 11) is 0. The number of nitrogens with zero attached hydrogens (tertiary/aromatic N) is 1. The fourth-order valence-corrected chi connectivity index (χ4v) is 2.64. The van der Waals surface area contributed by atoms with E-state index in [0.29, 0.717) is 26.2 Å². The Morgan fingerprint density at radius 2 is 1.18 bits per heavy atom. The van der Waals surface area contributed by atoms with Crippen LogP contribution in [-0.4, -0.2) is 83.5 Å². The Bertz CT molecular complexity index is 301. The van der Waals surface area contributed by atoms with E-state index in [1.807, 2.05) is 0 Å². The first-order valence-electron chi connectivity index (χ1n) is 10.9. The molecule has 4 N–H and O–H groups in total. The van der Waals surface area contributed by atoms with Crippen molar-refractivity contribution in [2.75, 3.05) is 46.1 Å². The van der Waals surface area contributed by atoms with Crippen molar-refractivity contribution in [3.8, 4) is 0 Å². The molecule has 0 radical (unpaired) electrons. The van der Waals surface area contributed by atoms with Crippen LogP contribution in [0.5, 0.6) is 0 Å². The Morgan fingerprint density at radius 3 is 1.54 bits per heavy atom. The van der Waals surface area contributed by atoms with Gasteiger partial charge in [0, 0.05) is 19.6 Å². The predicted molar refractivity (Wildman–Crippen MR) is 112 cm³/mol. The van der Waals surface area contributed by atoms with Crippen molar-refractivity contribution < 1.29 is 30.0 Å². The summed E-state index contributed by atoms with van der Waals surface area (Å²) in [6, 6.07) is 0. The summed E-state index contributed by atoms with van der Waals surface area (Å²) in [6.45, 7) is 5.87. The number of hydrogen-bond acceptors (Lipinski definition) is 7. The fourth-order valence-electron chi connectivity index (χ4n) is 2.64. The quantitative estimate of drug-likeness (QED) is 0.203. The molecule has 28 heavy (non-hydrogen) atoms. The molecule has 0 rings (SSSR count). The van der Waals surface area contributed by atoms with Crippen molar-refractivity contribution in [3.63, 3.8) is 0 Å². The molecule has 0 fully saturated rings. The lowest BCUT2D eigenvalue weighted by Crippen LogP contribution is -2.32. The molecule has 0 heterocycles. The Kier molecular flexibility index (Phi) is 25.6. The summed E-state index contributed by atoms with van der Waals surface area (Å²) < 4.78 is 4.89. The number of aliphatic hydroxyl groups excluding tert-OH is 4. The molecule has 7 heteroatoms.